The molecule has 0 amide bonds. The van der Waals surface area contributed by atoms with E-state index in [-0.39, 0.29) is 5.92 Å². The van der Waals surface area contributed by atoms with Gasteiger partial charge < -0.3 is 9.47 Å². The molecule has 0 aromatic heterocycles. The first-order valence-corrected chi connectivity index (χ1v) is 7.65. The van der Waals surface area contributed by atoms with Crippen molar-refractivity contribution in [3.63, 3.8) is 0 Å². The number of hydrogen-bond donors (Lipinski definition) is 0. The van der Waals surface area contributed by atoms with Gasteiger partial charge in [-0.1, -0.05) is 42.0 Å². The van der Waals surface area contributed by atoms with Crippen molar-refractivity contribution in [2.75, 3.05) is 7.11 Å². The molecule has 1 aliphatic heterocycles. The Morgan fingerprint density at radius 2 is 1.87 bits per heavy atom. The summed E-state index contributed by atoms with van der Waals surface area (Å²) in [5.74, 6) is -1.46. The molecule has 0 saturated carbocycles. The lowest BCUT2D eigenvalue weighted by molar-refractivity contribution is -0.160. The molecule has 3 unspecified atom stereocenters. The van der Waals surface area contributed by atoms with Crippen LogP contribution < -0.4 is 0 Å². The molecule has 0 N–H and O–H groups in total. The summed E-state index contributed by atoms with van der Waals surface area (Å²) in [7, 11) is 1.31. The van der Waals surface area contributed by atoms with Gasteiger partial charge in [-0.25, -0.2) is 0 Å². The van der Waals surface area contributed by atoms with Gasteiger partial charge in [-0.05, 0) is 37.5 Å². The number of fused-ring (bicyclic) bond motifs is 1. The van der Waals surface area contributed by atoms with Crippen LogP contribution >= 0.6 is 0 Å². The molecule has 3 rings (SSSR count). The molecule has 2 aliphatic rings. The zero-order valence-electron chi connectivity index (χ0n) is 13.8. The van der Waals surface area contributed by atoms with Gasteiger partial charge in [0.2, 0.25) is 0 Å². The summed E-state index contributed by atoms with van der Waals surface area (Å²) in [6.45, 7) is 5.91. The maximum Gasteiger partial charge on any atom is 0.328 e. The third-order valence-electron chi connectivity index (χ3n) is 4.74. The first-order valence-electron chi connectivity index (χ1n) is 7.65. The van der Waals surface area contributed by atoms with Crippen LogP contribution in [0.3, 0.4) is 0 Å². The van der Waals surface area contributed by atoms with Crippen molar-refractivity contribution < 1.29 is 19.1 Å². The molecule has 1 aliphatic carbocycles. The van der Waals surface area contributed by atoms with Crippen molar-refractivity contribution in [3.05, 3.63) is 58.7 Å². The zero-order valence-corrected chi connectivity index (χ0v) is 13.8. The van der Waals surface area contributed by atoms with Gasteiger partial charge in [0.1, 0.15) is 6.10 Å². The van der Waals surface area contributed by atoms with Crippen LogP contribution in [0.1, 0.15) is 32.4 Å². The van der Waals surface area contributed by atoms with Gasteiger partial charge >= 0.3 is 11.9 Å². The molecule has 1 fully saturated rings. The molecule has 0 radical (unpaired) electrons. The highest BCUT2D eigenvalue weighted by Crippen LogP contribution is 2.59. The summed E-state index contributed by atoms with van der Waals surface area (Å²) in [6.07, 6.45) is 1.23. The Kier molecular flexibility index (Phi) is 3.63. The normalized spacial score (nSPS) is 29.0. The number of benzene rings is 1. The Morgan fingerprint density at radius 3 is 2.43 bits per heavy atom. The van der Waals surface area contributed by atoms with Gasteiger partial charge in [-0.15, -0.1) is 0 Å². The minimum atomic E-state index is -1.37. The third kappa shape index (κ3) is 2.05. The molecule has 4 heteroatoms. The van der Waals surface area contributed by atoms with E-state index < -0.39 is 23.5 Å². The zero-order chi connectivity index (χ0) is 16.8. The predicted octanol–water partition coefficient (Wildman–Crippen LogP) is 3.36. The van der Waals surface area contributed by atoms with Crippen LogP contribution in [0.2, 0.25) is 0 Å². The average molecular weight is 312 g/mol. The number of ether oxygens (including phenoxy) is 2. The standard InChI is InChI=1S/C19H20O4/c1-11(2)14-12(3)10-19(17(20)22-4)15(14)16(23-18(19)21)13-8-6-5-7-9-13/h5-10,15-16H,1-4H3. The topological polar surface area (TPSA) is 52.6 Å². The Bertz CT molecular complexity index is 725. The molecule has 1 aromatic rings. The van der Waals surface area contributed by atoms with Gasteiger partial charge in [0.15, 0.2) is 5.41 Å². The largest absolute Gasteiger partial charge is 0.468 e. The molecule has 1 aromatic carbocycles. The number of cyclic esters (lactones) is 1. The van der Waals surface area contributed by atoms with Crippen LogP contribution in [0.25, 0.3) is 0 Å². The smallest absolute Gasteiger partial charge is 0.328 e. The van der Waals surface area contributed by atoms with E-state index in [4.69, 9.17) is 9.47 Å². The second kappa shape index (κ2) is 5.37. The molecule has 23 heavy (non-hydrogen) atoms. The molecule has 0 bridgehead atoms. The highest BCUT2D eigenvalue weighted by atomic mass is 16.6. The van der Waals surface area contributed by atoms with Crippen LogP contribution in [0.5, 0.6) is 0 Å². The van der Waals surface area contributed by atoms with E-state index in [1.54, 1.807) is 6.08 Å². The van der Waals surface area contributed by atoms with Crippen molar-refractivity contribution >= 4 is 11.9 Å². The minimum Gasteiger partial charge on any atom is -0.468 e. The summed E-state index contributed by atoms with van der Waals surface area (Å²) in [6, 6.07) is 9.55. The van der Waals surface area contributed by atoms with Gasteiger partial charge in [0.25, 0.3) is 0 Å². The maximum atomic E-state index is 12.7. The summed E-state index contributed by atoms with van der Waals surface area (Å²) in [5.41, 5.74) is 2.55. The monoisotopic (exact) mass is 312 g/mol. The Labute approximate surface area is 135 Å². The number of carbonyl (C=O) groups excluding carboxylic acids is 2. The number of carbonyl (C=O) groups is 2. The van der Waals surface area contributed by atoms with E-state index >= 15 is 0 Å². The summed E-state index contributed by atoms with van der Waals surface area (Å²) >= 11 is 0. The Hall–Kier alpha value is -2.36. The van der Waals surface area contributed by atoms with E-state index in [1.807, 2.05) is 51.1 Å². The van der Waals surface area contributed by atoms with Gasteiger partial charge in [0.05, 0.1) is 13.0 Å². The van der Waals surface area contributed by atoms with Gasteiger partial charge in [0, 0.05) is 0 Å². The highest BCUT2D eigenvalue weighted by molar-refractivity contribution is 6.06. The fourth-order valence-corrected chi connectivity index (χ4v) is 3.89. The van der Waals surface area contributed by atoms with Gasteiger partial charge in [-0.2, -0.15) is 0 Å². The van der Waals surface area contributed by atoms with E-state index in [1.165, 1.54) is 7.11 Å². The predicted molar refractivity (Wildman–Crippen MR) is 85.3 cm³/mol. The summed E-state index contributed by atoms with van der Waals surface area (Å²) < 4.78 is 10.6. The summed E-state index contributed by atoms with van der Waals surface area (Å²) in [5, 5.41) is 0. The second-order valence-electron chi connectivity index (χ2n) is 6.32. The SMILES string of the molecule is COC(=O)C12C=C(C)C(=C(C)C)C1C(c1ccccc1)OC2=O. The lowest BCUT2D eigenvalue weighted by Crippen LogP contribution is -2.39. The van der Waals surface area contributed by atoms with Crippen LogP contribution in [0.4, 0.5) is 0 Å². The molecule has 1 heterocycles. The van der Waals surface area contributed by atoms with E-state index in [0.29, 0.717) is 0 Å². The molecular weight excluding hydrogens is 292 g/mol. The number of allylic oxidation sites excluding steroid dienone is 2. The molecule has 3 atom stereocenters. The van der Waals surface area contributed by atoms with Crippen molar-refractivity contribution in [3.8, 4) is 0 Å². The van der Waals surface area contributed by atoms with Crippen LogP contribution in [0, 0.1) is 11.3 Å². The fourth-order valence-electron chi connectivity index (χ4n) is 3.89. The molecule has 0 spiro atoms. The lowest BCUT2D eigenvalue weighted by atomic mass is 9.73. The average Bonchev–Trinajstić information content (AvgIpc) is 3.00. The number of methoxy groups -OCH3 is 1. The number of hydrogen-bond acceptors (Lipinski definition) is 4. The second-order valence-corrected chi connectivity index (χ2v) is 6.32. The first-order chi connectivity index (χ1) is 10.9. The highest BCUT2D eigenvalue weighted by Gasteiger charge is 2.66. The number of esters is 2. The van der Waals surface area contributed by atoms with Crippen molar-refractivity contribution in [2.45, 2.75) is 26.9 Å². The van der Waals surface area contributed by atoms with Crippen molar-refractivity contribution in [2.24, 2.45) is 11.3 Å². The third-order valence-corrected chi connectivity index (χ3v) is 4.74. The van der Waals surface area contributed by atoms with Crippen LogP contribution in [0.15, 0.2) is 53.1 Å². The minimum absolute atomic E-state index is 0.380. The number of rotatable bonds is 2. The maximum absolute atomic E-state index is 12.7. The van der Waals surface area contributed by atoms with E-state index in [9.17, 15) is 9.59 Å². The molecule has 120 valence electrons. The first kappa shape index (κ1) is 15.5. The summed E-state index contributed by atoms with van der Waals surface area (Å²) in [4.78, 5) is 25.2. The molecular formula is C19H20O4. The van der Waals surface area contributed by atoms with Gasteiger partial charge in [-0.3, -0.25) is 9.59 Å². The Morgan fingerprint density at radius 1 is 1.22 bits per heavy atom. The lowest BCUT2D eigenvalue weighted by Gasteiger charge is -2.25. The van der Waals surface area contributed by atoms with Crippen LogP contribution in [-0.4, -0.2) is 19.0 Å². The Balaban J connectivity index is 2.22. The quantitative estimate of drug-likeness (QED) is 0.621. The molecule has 1 saturated heterocycles. The fraction of sp³-hybridized carbons (Fsp3) is 0.368. The van der Waals surface area contributed by atoms with Crippen LogP contribution in [-0.2, 0) is 19.1 Å². The van der Waals surface area contributed by atoms with Crippen molar-refractivity contribution in [1.82, 2.24) is 0 Å². The van der Waals surface area contributed by atoms with E-state index in [0.717, 1.165) is 22.3 Å². The molecule has 4 nitrogen and oxygen atoms in total. The van der Waals surface area contributed by atoms with E-state index in [2.05, 4.69) is 0 Å². The van der Waals surface area contributed by atoms with Crippen molar-refractivity contribution in [1.29, 1.82) is 0 Å².